The zero-order valence-corrected chi connectivity index (χ0v) is 13.2. The Hall–Kier alpha value is -1.10. The zero-order chi connectivity index (χ0) is 14.1. The summed E-state index contributed by atoms with van der Waals surface area (Å²) in [6, 6.07) is 8.22. The highest BCUT2D eigenvalue weighted by Crippen LogP contribution is 2.36. The van der Waals surface area contributed by atoms with Crippen molar-refractivity contribution in [3.63, 3.8) is 0 Å². The van der Waals surface area contributed by atoms with Gasteiger partial charge in [0.15, 0.2) is 0 Å². The summed E-state index contributed by atoms with van der Waals surface area (Å²) in [4.78, 5) is 14.4. The van der Waals surface area contributed by atoms with E-state index in [4.69, 9.17) is 5.73 Å². The summed E-state index contributed by atoms with van der Waals surface area (Å²) in [5.41, 5.74) is 8.14. The highest BCUT2D eigenvalue weighted by Gasteiger charge is 2.41. The lowest BCUT2D eigenvalue weighted by molar-refractivity contribution is -0.117. The first-order chi connectivity index (χ1) is 9.63. The van der Waals surface area contributed by atoms with Gasteiger partial charge in [0.05, 0.1) is 6.54 Å². The van der Waals surface area contributed by atoms with Gasteiger partial charge in [-0.3, -0.25) is 9.69 Å². The largest absolute Gasteiger partial charge is 0.327 e. The second-order valence-electron chi connectivity index (χ2n) is 6.22. The average Bonchev–Trinajstić information content (AvgIpc) is 2.95. The van der Waals surface area contributed by atoms with Crippen LogP contribution in [0.15, 0.2) is 24.3 Å². The molecule has 5 heteroatoms. The summed E-state index contributed by atoms with van der Waals surface area (Å²) in [5.74, 6) is 1.38. The van der Waals surface area contributed by atoms with Gasteiger partial charge in [-0.1, -0.05) is 18.2 Å². The third-order valence-corrected chi connectivity index (χ3v) is 4.77. The van der Waals surface area contributed by atoms with E-state index in [1.165, 1.54) is 6.42 Å². The molecule has 1 saturated carbocycles. The zero-order valence-electron chi connectivity index (χ0n) is 12.4. The predicted octanol–water partition coefficient (Wildman–Crippen LogP) is 2.02. The molecule has 0 radical (unpaired) electrons. The smallest absolute Gasteiger partial charge is 0.238 e. The number of anilines is 1. The minimum Gasteiger partial charge on any atom is -0.327 e. The number of fused-ring (bicyclic) bond motifs is 1. The molecule has 4 nitrogen and oxygen atoms in total. The number of nitrogens with two attached hydrogens (primary N) is 1. The molecule has 1 aromatic carbocycles. The quantitative estimate of drug-likeness (QED) is 0.898. The number of likely N-dealkylation sites (tertiary alicyclic amines) is 1. The van der Waals surface area contributed by atoms with Gasteiger partial charge in [0.1, 0.15) is 0 Å². The molecule has 3 atom stereocenters. The molecule has 1 heterocycles. The summed E-state index contributed by atoms with van der Waals surface area (Å²) < 4.78 is 0. The number of nitrogens with one attached hydrogen (secondary N) is 1. The van der Waals surface area contributed by atoms with E-state index in [1.54, 1.807) is 0 Å². The van der Waals surface area contributed by atoms with Crippen LogP contribution in [0, 0.1) is 18.8 Å². The van der Waals surface area contributed by atoms with Gasteiger partial charge in [0.25, 0.3) is 0 Å². The Labute approximate surface area is 132 Å². The number of carbonyl (C=O) groups is 1. The molecule has 21 heavy (non-hydrogen) atoms. The molecule has 1 aliphatic heterocycles. The van der Waals surface area contributed by atoms with Crippen molar-refractivity contribution in [1.29, 1.82) is 0 Å². The van der Waals surface area contributed by atoms with E-state index in [0.29, 0.717) is 24.4 Å². The fourth-order valence-corrected chi connectivity index (χ4v) is 3.63. The molecule has 116 valence electrons. The van der Waals surface area contributed by atoms with Crippen molar-refractivity contribution >= 4 is 24.0 Å². The molecule has 1 aromatic rings. The summed E-state index contributed by atoms with van der Waals surface area (Å²) in [5, 5.41) is 3.00. The number of hydrogen-bond donors (Lipinski definition) is 2. The lowest BCUT2D eigenvalue weighted by atomic mass is 9.98. The number of carbonyl (C=O) groups excluding carboxylic acids is 1. The van der Waals surface area contributed by atoms with Crippen molar-refractivity contribution in [3.05, 3.63) is 29.8 Å². The van der Waals surface area contributed by atoms with Gasteiger partial charge in [-0.05, 0) is 43.2 Å². The number of nitrogens with zero attached hydrogens (tertiary/aromatic N) is 1. The molecule has 3 N–H and O–H groups in total. The van der Waals surface area contributed by atoms with Crippen molar-refractivity contribution in [1.82, 2.24) is 4.90 Å². The normalized spacial score (nSPS) is 28.0. The lowest BCUT2D eigenvalue weighted by Gasteiger charge is -2.18. The van der Waals surface area contributed by atoms with Gasteiger partial charge in [0, 0.05) is 24.8 Å². The number of aryl methyl sites for hydroxylation is 1. The Morgan fingerprint density at radius 1 is 1.33 bits per heavy atom. The van der Waals surface area contributed by atoms with Crippen LogP contribution in [0.4, 0.5) is 5.69 Å². The van der Waals surface area contributed by atoms with E-state index >= 15 is 0 Å². The van der Waals surface area contributed by atoms with Crippen molar-refractivity contribution in [2.45, 2.75) is 25.8 Å². The predicted molar refractivity (Wildman–Crippen MR) is 87.7 cm³/mol. The van der Waals surface area contributed by atoms with Crippen LogP contribution in [-0.4, -0.2) is 36.5 Å². The van der Waals surface area contributed by atoms with Crippen molar-refractivity contribution in [3.8, 4) is 0 Å². The Balaban J connectivity index is 0.00000161. The Morgan fingerprint density at radius 3 is 2.81 bits per heavy atom. The Morgan fingerprint density at radius 2 is 2.10 bits per heavy atom. The molecule has 1 aliphatic carbocycles. The van der Waals surface area contributed by atoms with Gasteiger partial charge >= 0.3 is 0 Å². The number of amides is 1. The molecule has 3 unspecified atom stereocenters. The lowest BCUT2D eigenvalue weighted by Crippen LogP contribution is -2.34. The van der Waals surface area contributed by atoms with E-state index < -0.39 is 0 Å². The minimum absolute atomic E-state index is 0. The first kappa shape index (κ1) is 16.3. The fourth-order valence-electron chi connectivity index (χ4n) is 3.63. The number of para-hydroxylation sites is 1. The van der Waals surface area contributed by atoms with Gasteiger partial charge < -0.3 is 11.1 Å². The van der Waals surface area contributed by atoms with Crippen LogP contribution in [0.5, 0.6) is 0 Å². The molecule has 0 bridgehead atoms. The van der Waals surface area contributed by atoms with Crippen LogP contribution in [0.25, 0.3) is 0 Å². The van der Waals surface area contributed by atoms with Gasteiger partial charge in [-0.2, -0.15) is 0 Å². The number of hydrogen-bond acceptors (Lipinski definition) is 3. The van der Waals surface area contributed by atoms with Gasteiger partial charge in [-0.15, -0.1) is 12.4 Å². The first-order valence-electron chi connectivity index (χ1n) is 7.47. The van der Waals surface area contributed by atoms with Crippen molar-refractivity contribution < 1.29 is 4.79 Å². The fraction of sp³-hybridized carbons (Fsp3) is 0.562. The highest BCUT2D eigenvalue weighted by molar-refractivity contribution is 5.92. The number of rotatable bonds is 3. The maximum absolute atomic E-state index is 12.1. The molecule has 2 fully saturated rings. The summed E-state index contributed by atoms with van der Waals surface area (Å²) in [7, 11) is 0. The second-order valence-corrected chi connectivity index (χ2v) is 6.22. The summed E-state index contributed by atoms with van der Waals surface area (Å²) in [6.07, 6.45) is 2.38. The van der Waals surface area contributed by atoms with Crippen LogP contribution in [-0.2, 0) is 4.79 Å². The van der Waals surface area contributed by atoms with E-state index in [0.717, 1.165) is 30.8 Å². The monoisotopic (exact) mass is 309 g/mol. The topological polar surface area (TPSA) is 58.4 Å². The molecule has 0 spiro atoms. The van der Waals surface area contributed by atoms with Crippen LogP contribution in [0.2, 0.25) is 0 Å². The summed E-state index contributed by atoms with van der Waals surface area (Å²) in [6.45, 7) is 4.50. The van der Waals surface area contributed by atoms with Crippen LogP contribution in [0.1, 0.15) is 18.4 Å². The number of benzene rings is 1. The molecule has 2 aliphatic rings. The van der Waals surface area contributed by atoms with Crippen molar-refractivity contribution in [2.24, 2.45) is 17.6 Å². The van der Waals surface area contributed by atoms with E-state index in [2.05, 4.69) is 10.2 Å². The van der Waals surface area contributed by atoms with E-state index in [9.17, 15) is 4.79 Å². The Bertz CT molecular complexity index is 508. The maximum atomic E-state index is 12.1. The molecule has 3 rings (SSSR count). The van der Waals surface area contributed by atoms with Crippen LogP contribution >= 0.6 is 12.4 Å². The van der Waals surface area contributed by atoms with Crippen LogP contribution < -0.4 is 11.1 Å². The van der Waals surface area contributed by atoms with E-state index in [-0.39, 0.29) is 18.3 Å². The molecule has 1 amide bonds. The Kier molecular flexibility index (Phi) is 5.25. The van der Waals surface area contributed by atoms with E-state index in [1.807, 2.05) is 31.2 Å². The maximum Gasteiger partial charge on any atom is 0.238 e. The third kappa shape index (κ3) is 3.57. The third-order valence-electron chi connectivity index (χ3n) is 4.77. The van der Waals surface area contributed by atoms with Crippen LogP contribution in [0.3, 0.4) is 0 Å². The van der Waals surface area contributed by atoms with Gasteiger partial charge in [-0.25, -0.2) is 0 Å². The highest BCUT2D eigenvalue weighted by atomic mass is 35.5. The summed E-state index contributed by atoms with van der Waals surface area (Å²) >= 11 is 0. The standard InChI is InChI=1S/C16H23N3O.ClH/c1-11-4-2-3-5-15(11)18-16(20)10-19-8-12-6-7-14(17)13(12)9-19;/h2-5,12-14H,6-10,17H2,1H3,(H,18,20);1H. The second kappa shape index (κ2) is 6.77. The van der Waals surface area contributed by atoms with Crippen molar-refractivity contribution in [2.75, 3.05) is 25.0 Å². The SMILES string of the molecule is Cc1ccccc1NC(=O)CN1CC2CCC(N)C2C1.Cl. The molecule has 1 saturated heterocycles. The number of halogens is 1. The van der Waals surface area contributed by atoms with Gasteiger partial charge in [0.2, 0.25) is 5.91 Å². The molecular weight excluding hydrogens is 286 g/mol. The molecular formula is C16H24ClN3O. The average molecular weight is 310 g/mol. The first-order valence-corrected chi connectivity index (χ1v) is 7.47. The minimum atomic E-state index is 0. The molecule has 0 aromatic heterocycles.